The lowest BCUT2D eigenvalue weighted by atomic mass is 10.1. The van der Waals surface area contributed by atoms with Crippen molar-refractivity contribution in [3.63, 3.8) is 0 Å². The lowest BCUT2D eigenvalue weighted by molar-refractivity contribution is -0.384. The summed E-state index contributed by atoms with van der Waals surface area (Å²) >= 11 is 4.36. The second kappa shape index (κ2) is 11.3. The highest BCUT2D eigenvalue weighted by Gasteiger charge is 2.34. The molecule has 2 aromatic carbocycles. The van der Waals surface area contributed by atoms with Gasteiger partial charge in [0.05, 0.1) is 21.4 Å². The van der Waals surface area contributed by atoms with Gasteiger partial charge in [0.25, 0.3) is 16.8 Å². The average Bonchev–Trinajstić information content (AvgIpc) is 3.05. The van der Waals surface area contributed by atoms with Gasteiger partial charge in [0.2, 0.25) is 0 Å². The normalized spacial score (nSPS) is 14.8. The molecule has 0 saturated carbocycles. The first-order valence-electron chi connectivity index (χ1n) is 9.82. The van der Waals surface area contributed by atoms with Crippen LogP contribution in [0.1, 0.15) is 17.5 Å². The number of rotatable bonds is 10. The Hall–Kier alpha value is -2.89. The number of non-ortho nitro benzene ring substituents is 1. The second-order valence-corrected chi connectivity index (χ2v) is 8.77. The standard InChI is InChI=1S/C22H21BrN2O7S/c1-30-9-3-8-24-21(26)19(33-22(24)27)12-15-10-17(23)20(18(11-15)31-2)32-13-14-4-6-16(7-5-14)25(28)29/h4-7,10-12H,3,8-9,13H2,1-2H3/b19-12+. The van der Waals surface area contributed by atoms with Crippen molar-refractivity contribution in [1.82, 2.24) is 4.90 Å². The number of nitrogens with zero attached hydrogens (tertiary/aromatic N) is 2. The van der Waals surface area contributed by atoms with Crippen LogP contribution in [0.15, 0.2) is 45.8 Å². The monoisotopic (exact) mass is 536 g/mol. The van der Waals surface area contributed by atoms with Crippen LogP contribution in [0.2, 0.25) is 0 Å². The SMILES string of the molecule is COCCCN1C(=O)S/C(=C/c2cc(Br)c(OCc3ccc([N+](=O)[O-])cc3)c(OC)c2)C1=O. The summed E-state index contributed by atoms with van der Waals surface area (Å²) in [5, 5.41) is 10.5. The van der Waals surface area contributed by atoms with E-state index in [1.54, 1.807) is 37.5 Å². The van der Waals surface area contributed by atoms with E-state index in [2.05, 4.69) is 15.9 Å². The van der Waals surface area contributed by atoms with E-state index in [0.29, 0.717) is 46.0 Å². The minimum atomic E-state index is -0.461. The van der Waals surface area contributed by atoms with Crippen molar-refractivity contribution in [2.24, 2.45) is 0 Å². The molecule has 0 bridgehead atoms. The van der Waals surface area contributed by atoms with E-state index in [4.69, 9.17) is 14.2 Å². The van der Waals surface area contributed by atoms with Crippen molar-refractivity contribution in [2.75, 3.05) is 27.4 Å². The number of methoxy groups -OCH3 is 2. The fraction of sp³-hybridized carbons (Fsp3) is 0.273. The van der Waals surface area contributed by atoms with Crippen molar-refractivity contribution in [2.45, 2.75) is 13.0 Å². The maximum absolute atomic E-state index is 12.6. The summed E-state index contributed by atoms with van der Waals surface area (Å²) in [5.74, 6) is 0.534. The van der Waals surface area contributed by atoms with Gasteiger partial charge in [-0.1, -0.05) is 0 Å². The van der Waals surface area contributed by atoms with Crippen LogP contribution in [-0.2, 0) is 16.1 Å². The van der Waals surface area contributed by atoms with E-state index in [-0.39, 0.29) is 23.4 Å². The predicted octanol–water partition coefficient (Wildman–Crippen LogP) is 5.02. The van der Waals surface area contributed by atoms with Gasteiger partial charge in [-0.15, -0.1) is 0 Å². The zero-order chi connectivity index (χ0) is 24.0. The minimum absolute atomic E-state index is 0.00461. The number of benzene rings is 2. The molecule has 174 valence electrons. The van der Waals surface area contributed by atoms with Crippen LogP contribution in [0.4, 0.5) is 10.5 Å². The summed E-state index contributed by atoms with van der Waals surface area (Å²) in [6, 6.07) is 9.53. The lowest BCUT2D eigenvalue weighted by Crippen LogP contribution is -2.29. The number of nitro benzene ring substituents is 1. The van der Waals surface area contributed by atoms with Crippen LogP contribution in [0.5, 0.6) is 11.5 Å². The zero-order valence-electron chi connectivity index (χ0n) is 17.9. The molecular weight excluding hydrogens is 516 g/mol. The van der Waals surface area contributed by atoms with Crippen LogP contribution in [-0.4, -0.2) is 48.3 Å². The van der Waals surface area contributed by atoms with Crippen LogP contribution in [0.25, 0.3) is 6.08 Å². The first kappa shape index (κ1) is 24.7. The third-order valence-corrected chi connectivity index (χ3v) is 6.18. The second-order valence-electron chi connectivity index (χ2n) is 6.93. The molecular formula is C22H21BrN2O7S. The third kappa shape index (κ3) is 6.12. The maximum Gasteiger partial charge on any atom is 0.293 e. The number of ether oxygens (including phenoxy) is 3. The van der Waals surface area contributed by atoms with Crippen LogP contribution < -0.4 is 9.47 Å². The molecule has 3 rings (SSSR count). The van der Waals surface area contributed by atoms with Gasteiger partial charge in [-0.25, -0.2) is 0 Å². The van der Waals surface area contributed by atoms with Gasteiger partial charge in [0, 0.05) is 32.4 Å². The van der Waals surface area contributed by atoms with Gasteiger partial charge >= 0.3 is 0 Å². The molecule has 1 aliphatic rings. The molecule has 0 radical (unpaired) electrons. The summed E-state index contributed by atoms with van der Waals surface area (Å²) in [5.41, 5.74) is 1.41. The van der Waals surface area contributed by atoms with Crippen molar-refractivity contribution >= 4 is 50.6 Å². The zero-order valence-corrected chi connectivity index (χ0v) is 20.3. The van der Waals surface area contributed by atoms with E-state index >= 15 is 0 Å². The van der Waals surface area contributed by atoms with Crippen LogP contribution in [0.3, 0.4) is 0 Å². The van der Waals surface area contributed by atoms with Crippen molar-refractivity contribution in [3.8, 4) is 11.5 Å². The first-order valence-corrected chi connectivity index (χ1v) is 11.4. The summed E-state index contributed by atoms with van der Waals surface area (Å²) in [6.45, 7) is 0.942. The Kier molecular flexibility index (Phi) is 8.48. The molecule has 0 spiro atoms. The number of carbonyl (C=O) groups excluding carboxylic acids is 2. The lowest BCUT2D eigenvalue weighted by Gasteiger charge is -2.14. The Morgan fingerprint density at radius 3 is 2.55 bits per heavy atom. The summed E-state index contributed by atoms with van der Waals surface area (Å²) in [6.07, 6.45) is 2.20. The topological polar surface area (TPSA) is 108 Å². The smallest absolute Gasteiger partial charge is 0.293 e. The van der Waals surface area contributed by atoms with Gasteiger partial charge in [-0.3, -0.25) is 24.6 Å². The number of thioether (sulfide) groups is 1. The highest BCUT2D eigenvalue weighted by Crippen LogP contribution is 2.39. The van der Waals surface area contributed by atoms with Crippen molar-refractivity contribution < 1.29 is 28.7 Å². The Labute approximate surface area is 203 Å². The first-order chi connectivity index (χ1) is 15.8. The highest BCUT2D eigenvalue weighted by molar-refractivity contribution is 9.10. The van der Waals surface area contributed by atoms with E-state index in [0.717, 1.165) is 17.3 Å². The Morgan fingerprint density at radius 1 is 1.18 bits per heavy atom. The van der Waals surface area contributed by atoms with Crippen molar-refractivity contribution in [3.05, 3.63) is 67.0 Å². The molecule has 2 amide bonds. The minimum Gasteiger partial charge on any atom is -0.493 e. The van der Waals surface area contributed by atoms with E-state index in [1.807, 2.05) is 0 Å². The average molecular weight is 537 g/mol. The molecule has 11 heteroatoms. The molecule has 1 fully saturated rings. The number of hydrogen-bond donors (Lipinski definition) is 0. The highest BCUT2D eigenvalue weighted by atomic mass is 79.9. The Morgan fingerprint density at radius 2 is 1.91 bits per heavy atom. The van der Waals surface area contributed by atoms with Gasteiger partial charge in [-0.2, -0.15) is 0 Å². The summed E-state index contributed by atoms with van der Waals surface area (Å²) in [4.78, 5) is 36.7. The van der Waals surface area contributed by atoms with Gasteiger partial charge in [0.15, 0.2) is 11.5 Å². The van der Waals surface area contributed by atoms with Gasteiger partial charge in [0.1, 0.15) is 6.61 Å². The molecule has 1 saturated heterocycles. The number of hydrogen-bond acceptors (Lipinski definition) is 8. The molecule has 0 aromatic heterocycles. The Balaban J connectivity index is 1.75. The number of carbonyl (C=O) groups is 2. The number of halogens is 1. The summed E-state index contributed by atoms with van der Waals surface area (Å²) in [7, 11) is 3.06. The molecule has 1 aliphatic heterocycles. The molecule has 9 nitrogen and oxygen atoms in total. The largest absolute Gasteiger partial charge is 0.493 e. The summed E-state index contributed by atoms with van der Waals surface area (Å²) < 4.78 is 16.9. The van der Waals surface area contributed by atoms with Gasteiger partial charge in [-0.05, 0) is 75.6 Å². The Bertz CT molecular complexity index is 1090. The number of amides is 2. The molecule has 1 heterocycles. The van der Waals surface area contributed by atoms with E-state index in [1.165, 1.54) is 24.1 Å². The quantitative estimate of drug-likeness (QED) is 0.180. The molecule has 0 N–H and O–H groups in total. The van der Waals surface area contributed by atoms with Crippen LogP contribution >= 0.6 is 27.7 Å². The predicted molar refractivity (Wildman–Crippen MR) is 127 cm³/mol. The molecule has 2 aromatic rings. The third-order valence-electron chi connectivity index (χ3n) is 4.68. The molecule has 0 aliphatic carbocycles. The van der Waals surface area contributed by atoms with Crippen molar-refractivity contribution in [1.29, 1.82) is 0 Å². The van der Waals surface area contributed by atoms with Gasteiger partial charge < -0.3 is 14.2 Å². The number of nitro groups is 1. The maximum atomic E-state index is 12.6. The van der Waals surface area contributed by atoms with Crippen LogP contribution in [0, 0.1) is 10.1 Å². The van der Waals surface area contributed by atoms with E-state index in [9.17, 15) is 19.7 Å². The molecule has 0 atom stereocenters. The fourth-order valence-electron chi connectivity index (χ4n) is 3.04. The fourth-order valence-corrected chi connectivity index (χ4v) is 4.48. The molecule has 33 heavy (non-hydrogen) atoms. The number of imide groups is 1. The van der Waals surface area contributed by atoms with E-state index < -0.39 is 4.92 Å². The molecule has 0 unspecified atom stereocenters.